The number of ether oxygens (including phenoxy) is 1. The number of hydrogen-bond acceptors (Lipinski definition) is 2. The van der Waals surface area contributed by atoms with Gasteiger partial charge in [-0.2, -0.15) is 0 Å². The van der Waals surface area contributed by atoms with Gasteiger partial charge in [0.2, 0.25) is 0 Å². The Morgan fingerprint density at radius 3 is 2.88 bits per heavy atom. The monoisotopic (exact) mass is 233 g/mol. The SMILES string of the molecule is COCCn1cc(CC(=O)O)c2ccccc21. The number of methoxy groups -OCH3 is 1. The smallest absolute Gasteiger partial charge is 0.307 e. The van der Waals surface area contributed by atoms with Crippen molar-refractivity contribution in [3.8, 4) is 0 Å². The third-order valence-electron chi connectivity index (χ3n) is 2.75. The van der Waals surface area contributed by atoms with Crippen LogP contribution in [-0.4, -0.2) is 29.4 Å². The molecule has 0 aliphatic carbocycles. The quantitative estimate of drug-likeness (QED) is 0.858. The average Bonchev–Trinajstić information content (AvgIpc) is 2.65. The molecule has 0 bridgehead atoms. The second kappa shape index (κ2) is 5.01. The molecule has 0 saturated carbocycles. The number of fused-ring (bicyclic) bond motifs is 1. The lowest BCUT2D eigenvalue weighted by Crippen LogP contribution is -2.03. The molecule has 0 saturated heterocycles. The van der Waals surface area contributed by atoms with Gasteiger partial charge in [-0.3, -0.25) is 4.79 Å². The van der Waals surface area contributed by atoms with Crippen LogP contribution >= 0.6 is 0 Å². The van der Waals surface area contributed by atoms with E-state index in [1.807, 2.05) is 35.0 Å². The van der Waals surface area contributed by atoms with E-state index >= 15 is 0 Å². The van der Waals surface area contributed by atoms with Gasteiger partial charge in [0, 0.05) is 30.8 Å². The highest BCUT2D eigenvalue weighted by molar-refractivity contribution is 5.87. The number of aromatic nitrogens is 1. The topological polar surface area (TPSA) is 51.5 Å². The predicted octanol–water partition coefficient (Wildman–Crippen LogP) is 1.91. The van der Waals surface area contributed by atoms with Crippen molar-refractivity contribution in [2.75, 3.05) is 13.7 Å². The molecule has 4 heteroatoms. The van der Waals surface area contributed by atoms with Gasteiger partial charge >= 0.3 is 5.97 Å². The number of rotatable bonds is 5. The van der Waals surface area contributed by atoms with Crippen molar-refractivity contribution in [2.24, 2.45) is 0 Å². The Hall–Kier alpha value is -1.81. The van der Waals surface area contributed by atoms with E-state index in [1.165, 1.54) is 0 Å². The largest absolute Gasteiger partial charge is 0.481 e. The van der Waals surface area contributed by atoms with Crippen LogP contribution in [-0.2, 0) is 22.5 Å². The number of carbonyl (C=O) groups is 1. The van der Waals surface area contributed by atoms with Crippen molar-refractivity contribution in [3.63, 3.8) is 0 Å². The Bertz CT molecular complexity index is 530. The van der Waals surface area contributed by atoms with E-state index in [0.717, 1.165) is 23.0 Å². The molecule has 0 fully saturated rings. The number of hydrogen-bond donors (Lipinski definition) is 1. The van der Waals surface area contributed by atoms with Crippen molar-refractivity contribution >= 4 is 16.9 Å². The van der Waals surface area contributed by atoms with Gasteiger partial charge in [-0.1, -0.05) is 18.2 Å². The van der Waals surface area contributed by atoms with Crippen LogP contribution in [0.3, 0.4) is 0 Å². The van der Waals surface area contributed by atoms with E-state index in [2.05, 4.69) is 0 Å². The maximum absolute atomic E-state index is 10.8. The zero-order valence-corrected chi connectivity index (χ0v) is 9.72. The van der Waals surface area contributed by atoms with Crippen LogP contribution in [0.15, 0.2) is 30.5 Å². The molecule has 4 nitrogen and oxygen atoms in total. The fourth-order valence-corrected chi connectivity index (χ4v) is 2.00. The summed E-state index contributed by atoms with van der Waals surface area (Å²) in [6.45, 7) is 1.35. The summed E-state index contributed by atoms with van der Waals surface area (Å²) < 4.78 is 7.09. The molecule has 17 heavy (non-hydrogen) atoms. The van der Waals surface area contributed by atoms with Crippen molar-refractivity contribution in [3.05, 3.63) is 36.0 Å². The zero-order valence-electron chi connectivity index (χ0n) is 9.72. The molecule has 0 aliphatic heterocycles. The van der Waals surface area contributed by atoms with Gasteiger partial charge in [-0.15, -0.1) is 0 Å². The first-order chi connectivity index (χ1) is 8.22. The first kappa shape index (κ1) is 11.7. The minimum Gasteiger partial charge on any atom is -0.481 e. The van der Waals surface area contributed by atoms with Crippen LogP contribution in [0.25, 0.3) is 10.9 Å². The summed E-state index contributed by atoms with van der Waals surface area (Å²) >= 11 is 0. The van der Waals surface area contributed by atoms with Gasteiger partial charge in [-0.05, 0) is 11.6 Å². The highest BCUT2D eigenvalue weighted by atomic mass is 16.5. The van der Waals surface area contributed by atoms with E-state index in [-0.39, 0.29) is 6.42 Å². The van der Waals surface area contributed by atoms with Crippen LogP contribution < -0.4 is 0 Å². The maximum atomic E-state index is 10.8. The highest BCUT2D eigenvalue weighted by Crippen LogP contribution is 2.21. The predicted molar refractivity (Wildman–Crippen MR) is 65.2 cm³/mol. The maximum Gasteiger partial charge on any atom is 0.307 e. The summed E-state index contributed by atoms with van der Waals surface area (Å²) in [7, 11) is 1.66. The van der Waals surface area contributed by atoms with Gasteiger partial charge in [-0.25, -0.2) is 0 Å². The molecule has 0 radical (unpaired) electrons. The summed E-state index contributed by atoms with van der Waals surface area (Å²) in [5.41, 5.74) is 1.91. The molecule has 1 aromatic heterocycles. The normalized spacial score (nSPS) is 10.9. The highest BCUT2D eigenvalue weighted by Gasteiger charge is 2.10. The van der Waals surface area contributed by atoms with Crippen LogP contribution in [0.5, 0.6) is 0 Å². The van der Waals surface area contributed by atoms with E-state index < -0.39 is 5.97 Å². The lowest BCUT2D eigenvalue weighted by Gasteiger charge is -2.03. The summed E-state index contributed by atoms with van der Waals surface area (Å²) in [5, 5.41) is 9.88. The Kier molecular flexibility index (Phi) is 3.44. The van der Waals surface area contributed by atoms with Gasteiger partial charge in [0.1, 0.15) is 0 Å². The number of benzene rings is 1. The van der Waals surface area contributed by atoms with Crippen LogP contribution in [0.1, 0.15) is 5.56 Å². The summed E-state index contributed by atoms with van der Waals surface area (Å²) in [4.78, 5) is 10.8. The summed E-state index contributed by atoms with van der Waals surface area (Å²) in [6.07, 6.45) is 1.96. The van der Waals surface area contributed by atoms with Gasteiger partial charge in [0.05, 0.1) is 13.0 Å². The minimum atomic E-state index is -0.806. The molecule has 0 aliphatic rings. The van der Waals surface area contributed by atoms with Crippen LogP contribution in [0.4, 0.5) is 0 Å². The minimum absolute atomic E-state index is 0.0560. The first-order valence-electron chi connectivity index (χ1n) is 5.50. The average molecular weight is 233 g/mol. The number of carboxylic acids is 1. The molecule has 0 atom stereocenters. The number of carboxylic acid groups (broad SMARTS) is 1. The third-order valence-corrected chi connectivity index (χ3v) is 2.75. The molecule has 1 N–H and O–H groups in total. The molecule has 0 unspecified atom stereocenters. The van der Waals surface area contributed by atoms with Crippen molar-refractivity contribution in [2.45, 2.75) is 13.0 Å². The van der Waals surface area contributed by atoms with Crippen molar-refractivity contribution < 1.29 is 14.6 Å². The Balaban J connectivity index is 2.42. The fraction of sp³-hybridized carbons (Fsp3) is 0.308. The Morgan fingerprint density at radius 1 is 1.41 bits per heavy atom. The second-order valence-electron chi connectivity index (χ2n) is 3.93. The lowest BCUT2D eigenvalue weighted by atomic mass is 10.1. The van der Waals surface area contributed by atoms with E-state index in [4.69, 9.17) is 9.84 Å². The molecular formula is C13H15NO3. The van der Waals surface area contributed by atoms with Crippen LogP contribution in [0.2, 0.25) is 0 Å². The van der Waals surface area contributed by atoms with Crippen molar-refractivity contribution in [1.82, 2.24) is 4.57 Å². The number of para-hydroxylation sites is 1. The van der Waals surface area contributed by atoms with E-state index in [9.17, 15) is 4.79 Å². The molecule has 2 aromatic rings. The molecule has 2 rings (SSSR count). The van der Waals surface area contributed by atoms with Gasteiger partial charge in [0.25, 0.3) is 0 Å². The Morgan fingerprint density at radius 2 is 2.18 bits per heavy atom. The third kappa shape index (κ3) is 2.47. The van der Waals surface area contributed by atoms with Crippen molar-refractivity contribution in [1.29, 1.82) is 0 Å². The second-order valence-corrected chi connectivity index (χ2v) is 3.93. The fourth-order valence-electron chi connectivity index (χ4n) is 2.00. The molecule has 0 spiro atoms. The number of aliphatic carboxylic acids is 1. The molecular weight excluding hydrogens is 218 g/mol. The molecule has 1 heterocycles. The zero-order chi connectivity index (χ0) is 12.3. The molecule has 1 aromatic carbocycles. The van der Waals surface area contributed by atoms with E-state index in [0.29, 0.717) is 6.61 Å². The molecule has 90 valence electrons. The summed E-state index contributed by atoms with van der Waals surface area (Å²) in [6, 6.07) is 7.83. The van der Waals surface area contributed by atoms with Gasteiger partial charge < -0.3 is 14.4 Å². The Labute approximate surface area is 99.4 Å². The first-order valence-corrected chi connectivity index (χ1v) is 5.50. The van der Waals surface area contributed by atoms with E-state index in [1.54, 1.807) is 7.11 Å². The summed E-state index contributed by atoms with van der Waals surface area (Å²) in [5.74, 6) is -0.806. The standard InChI is InChI=1S/C13H15NO3/c1-17-7-6-14-9-10(8-13(15)16)11-4-2-3-5-12(11)14/h2-5,9H,6-8H2,1H3,(H,15,16). The van der Waals surface area contributed by atoms with Gasteiger partial charge in [0.15, 0.2) is 0 Å². The number of nitrogens with zero attached hydrogens (tertiary/aromatic N) is 1. The molecule has 0 amide bonds. The van der Waals surface area contributed by atoms with Crippen LogP contribution in [0, 0.1) is 0 Å². The lowest BCUT2D eigenvalue weighted by molar-refractivity contribution is -0.136.